The minimum atomic E-state index is -0.205. The lowest BCUT2D eigenvalue weighted by Gasteiger charge is -2.10. The first-order valence-electron chi connectivity index (χ1n) is 10.1. The molecule has 0 radical (unpaired) electrons. The Kier molecular flexibility index (Phi) is 5.75. The maximum Gasteiger partial charge on any atom is 0.270 e. The summed E-state index contributed by atoms with van der Waals surface area (Å²) < 4.78 is 0. The highest BCUT2D eigenvalue weighted by atomic mass is 16.1. The molecule has 6 heteroatoms. The number of hydrogen-bond donors (Lipinski definition) is 3. The van der Waals surface area contributed by atoms with E-state index in [1.54, 1.807) is 13.0 Å². The molecule has 0 atom stereocenters. The van der Waals surface area contributed by atoms with Gasteiger partial charge in [0.2, 0.25) is 0 Å². The lowest BCUT2D eigenvalue weighted by atomic mass is 10.1. The van der Waals surface area contributed by atoms with Crippen LogP contribution in [-0.4, -0.2) is 27.4 Å². The zero-order valence-corrected chi connectivity index (χ0v) is 17.2. The van der Waals surface area contributed by atoms with Gasteiger partial charge in [-0.25, -0.2) is 9.97 Å². The van der Waals surface area contributed by atoms with Gasteiger partial charge in [0.25, 0.3) is 5.91 Å². The van der Waals surface area contributed by atoms with Crippen molar-refractivity contribution in [3.8, 4) is 0 Å². The number of fused-ring (bicyclic) bond motifs is 1. The van der Waals surface area contributed by atoms with E-state index in [-0.39, 0.29) is 5.91 Å². The molecule has 152 valence electrons. The number of nitrogens with one attached hydrogen (secondary N) is 3. The Morgan fingerprint density at radius 1 is 1.00 bits per heavy atom. The van der Waals surface area contributed by atoms with Gasteiger partial charge in [0.15, 0.2) is 0 Å². The SMILES string of the molecule is Cc1nc(NCCc2c[nH]c3ccccc23)cc(C(=O)NCc2ccccc2C)n1. The topological polar surface area (TPSA) is 82.7 Å². The molecule has 0 aliphatic carbocycles. The number of rotatable bonds is 7. The summed E-state index contributed by atoms with van der Waals surface area (Å²) in [6.45, 7) is 5.01. The standard InChI is InChI=1S/C24H25N5O/c1-16-7-3-4-8-18(16)14-27-24(30)22-13-23(29-17(2)28-22)25-12-11-19-15-26-21-10-6-5-9-20(19)21/h3-10,13,15,26H,11-12,14H2,1-2H3,(H,27,30)(H,25,28,29). The van der Waals surface area contributed by atoms with Crippen molar-refractivity contribution in [3.05, 3.63) is 89.0 Å². The van der Waals surface area contributed by atoms with Gasteiger partial charge in [-0.05, 0) is 43.0 Å². The lowest BCUT2D eigenvalue weighted by Crippen LogP contribution is -2.25. The summed E-state index contributed by atoms with van der Waals surface area (Å²) in [6, 6.07) is 18.0. The van der Waals surface area contributed by atoms with Crippen LogP contribution in [0.4, 0.5) is 5.82 Å². The average Bonchev–Trinajstić information content (AvgIpc) is 3.16. The lowest BCUT2D eigenvalue weighted by molar-refractivity contribution is 0.0945. The van der Waals surface area contributed by atoms with Crippen LogP contribution in [-0.2, 0) is 13.0 Å². The zero-order chi connectivity index (χ0) is 20.9. The predicted molar refractivity (Wildman–Crippen MR) is 120 cm³/mol. The van der Waals surface area contributed by atoms with Gasteiger partial charge in [0.05, 0.1) is 0 Å². The number of amides is 1. The Bertz CT molecular complexity index is 1180. The van der Waals surface area contributed by atoms with Gasteiger partial charge in [-0.1, -0.05) is 42.5 Å². The molecule has 4 rings (SSSR count). The zero-order valence-electron chi connectivity index (χ0n) is 17.2. The molecule has 1 amide bonds. The second-order valence-electron chi connectivity index (χ2n) is 7.33. The molecule has 0 fully saturated rings. The smallest absolute Gasteiger partial charge is 0.270 e. The maximum atomic E-state index is 12.6. The molecule has 0 bridgehead atoms. The second kappa shape index (κ2) is 8.78. The number of para-hydroxylation sites is 1. The predicted octanol–water partition coefficient (Wildman–Crippen LogP) is 4.16. The van der Waals surface area contributed by atoms with E-state index in [1.165, 1.54) is 10.9 Å². The van der Waals surface area contributed by atoms with Crippen LogP contribution in [0.2, 0.25) is 0 Å². The monoisotopic (exact) mass is 399 g/mol. The Hall–Kier alpha value is -3.67. The first kappa shape index (κ1) is 19.6. The van der Waals surface area contributed by atoms with Crippen molar-refractivity contribution in [2.45, 2.75) is 26.8 Å². The number of carbonyl (C=O) groups is 1. The van der Waals surface area contributed by atoms with Crippen LogP contribution in [0.15, 0.2) is 60.8 Å². The molecule has 0 aliphatic rings. The van der Waals surface area contributed by atoms with Crippen molar-refractivity contribution in [1.29, 1.82) is 0 Å². The molecule has 6 nitrogen and oxygen atoms in total. The highest BCUT2D eigenvalue weighted by Crippen LogP contribution is 2.18. The van der Waals surface area contributed by atoms with Gasteiger partial charge in [0, 0.05) is 36.3 Å². The number of aromatic amines is 1. The van der Waals surface area contributed by atoms with E-state index in [4.69, 9.17) is 0 Å². The van der Waals surface area contributed by atoms with E-state index in [1.807, 2.05) is 49.5 Å². The number of benzene rings is 2. The Morgan fingerprint density at radius 3 is 2.67 bits per heavy atom. The molecule has 4 aromatic rings. The third-order valence-electron chi connectivity index (χ3n) is 5.15. The van der Waals surface area contributed by atoms with Crippen molar-refractivity contribution in [2.24, 2.45) is 0 Å². The first-order valence-corrected chi connectivity index (χ1v) is 10.1. The molecule has 0 aliphatic heterocycles. The molecule has 2 aromatic carbocycles. The summed E-state index contributed by atoms with van der Waals surface area (Å²) in [7, 11) is 0. The molecule has 3 N–H and O–H groups in total. The van der Waals surface area contributed by atoms with Gasteiger partial charge in [-0.2, -0.15) is 0 Å². The van der Waals surface area contributed by atoms with E-state index in [0.717, 1.165) is 23.1 Å². The van der Waals surface area contributed by atoms with Crippen LogP contribution >= 0.6 is 0 Å². The third kappa shape index (κ3) is 4.49. The molecular formula is C24H25N5O. The van der Waals surface area contributed by atoms with Gasteiger partial charge >= 0.3 is 0 Å². The number of nitrogens with zero attached hydrogens (tertiary/aromatic N) is 2. The minimum Gasteiger partial charge on any atom is -0.370 e. The molecule has 0 saturated heterocycles. The fourth-order valence-electron chi connectivity index (χ4n) is 3.51. The Labute approximate surface area is 175 Å². The third-order valence-corrected chi connectivity index (χ3v) is 5.15. The normalized spacial score (nSPS) is 10.9. The second-order valence-corrected chi connectivity index (χ2v) is 7.33. The molecule has 2 aromatic heterocycles. The summed E-state index contributed by atoms with van der Waals surface area (Å²) >= 11 is 0. The summed E-state index contributed by atoms with van der Waals surface area (Å²) in [4.78, 5) is 24.6. The van der Waals surface area contributed by atoms with E-state index < -0.39 is 0 Å². The van der Waals surface area contributed by atoms with Crippen molar-refractivity contribution in [2.75, 3.05) is 11.9 Å². The van der Waals surface area contributed by atoms with Crippen molar-refractivity contribution >= 4 is 22.6 Å². The number of aryl methyl sites for hydroxylation is 2. The first-order chi connectivity index (χ1) is 14.6. The highest BCUT2D eigenvalue weighted by molar-refractivity contribution is 5.92. The van der Waals surface area contributed by atoms with Gasteiger partial charge in [-0.3, -0.25) is 4.79 Å². The van der Waals surface area contributed by atoms with Crippen molar-refractivity contribution in [3.63, 3.8) is 0 Å². The van der Waals surface area contributed by atoms with Gasteiger partial charge < -0.3 is 15.6 Å². The van der Waals surface area contributed by atoms with E-state index in [2.05, 4.69) is 37.7 Å². The molecule has 0 unspecified atom stereocenters. The van der Waals surface area contributed by atoms with Gasteiger partial charge in [-0.15, -0.1) is 0 Å². The Morgan fingerprint density at radius 2 is 1.80 bits per heavy atom. The van der Waals surface area contributed by atoms with Crippen LogP contribution in [0.1, 0.15) is 33.0 Å². The van der Waals surface area contributed by atoms with Crippen LogP contribution in [0, 0.1) is 13.8 Å². The Balaban J connectivity index is 1.39. The minimum absolute atomic E-state index is 0.205. The van der Waals surface area contributed by atoms with Gasteiger partial charge in [0.1, 0.15) is 17.3 Å². The summed E-state index contributed by atoms with van der Waals surface area (Å²) in [6.07, 6.45) is 2.89. The van der Waals surface area contributed by atoms with E-state index in [9.17, 15) is 4.79 Å². The highest BCUT2D eigenvalue weighted by Gasteiger charge is 2.11. The van der Waals surface area contributed by atoms with E-state index in [0.29, 0.717) is 30.4 Å². The molecule has 2 heterocycles. The number of aromatic nitrogens is 3. The number of carbonyl (C=O) groups excluding carboxylic acids is 1. The van der Waals surface area contributed by atoms with Crippen LogP contribution in [0.5, 0.6) is 0 Å². The molecule has 0 saturated carbocycles. The summed E-state index contributed by atoms with van der Waals surface area (Å²) in [5, 5.41) is 7.50. The number of hydrogen-bond acceptors (Lipinski definition) is 4. The van der Waals surface area contributed by atoms with Crippen LogP contribution < -0.4 is 10.6 Å². The van der Waals surface area contributed by atoms with E-state index >= 15 is 0 Å². The summed E-state index contributed by atoms with van der Waals surface area (Å²) in [5.74, 6) is 1.01. The fourth-order valence-corrected chi connectivity index (χ4v) is 3.51. The van der Waals surface area contributed by atoms with Crippen molar-refractivity contribution in [1.82, 2.24) is 20.3 Å². The fraction of sp³-hybridized carbons (Fsp3) is 0.208. The van der Waals surface area contributed by atoms with Crippen LogP contribution in [0.25, 0.3) is 10.9 Å². The number of H-pyrrole nitrogens is 1. The van der Waals surface area contributed by atoms with Crippen LogP contribution in [0.3, 0.4) is 0 Å². The molecular weight excluding hydrogens is 374 g/mol. The quantitative estimate of drug-likeness (QED) is 0.436. The average molecular weight is 399 g/mol. The molecule has 30 heavy (non-hydrogen) atoms. The maximum absolute atomic E-state index is 12.6. The largest absolute Gasteiger partial charge is 0.370 e. The summed E-state index contributed by atoms with van der Waals surface area (Å²) in [5.41, 5.74) is 4.99. The van der Waals surface area contributed by atoms with Crippen molar-refractivity contribution < 1.29 is 4.79 Å². The molecule has 0 spiro atoms. The number of anilines is 1.